The molecule has 0 saturated heterocycles. The quantitative estimate of drug-likeness (QED) is 0.645. The van der Waals surface area contributed by atoms with Gasteiger partial charge in [-0.25, -0.2) is 4.98 Å². The van der Waals surface area contributed by atoms with Crippen LogP contribution in [0.1, 0.15) is 5.82 Å². The van der Waals surface area contributed by atoms with Gasteiger partial charge < -0.3 is 5.11 Å². The molecule has 1 heterocycles. The van der Waals surface area contributed by atoms with Gasteiger partial charge in [0.05, 0.1) is 13.2 Å². The number of rotatable bonds is 4. The van der Waals surface area contributed by atoms with Crippen LogP contribution in [0.5, 0.6) is 0 Å². The molecule has 1 aromatic heterocycles. The van der Waals surface area contributed by atoms with Gasteiger partial charge in [0.2, 0.25) is 0 Å². The van der Waals surface area contributed by atoms with Crippen LogP contribution in [0, 0.1) is 0 Å². The van der Waals surface area contributed by atoms with Crippen molar-refractivity contribution in [3.63, 3.8) is 0 Å². The van der Waals surface area contributed by atoms with E-state index in [0.29, 0.717) is 6.54 Å². The van der Waals surface area contributed by atoms with Gasteiger partial charge in [-0.3, -0.25) is 9.58 Å². The lowest BCUT2D eigenvalue weighted by atomic mass is 10.5. The van der Waals surface area contributed by atoms with Crippen molar-refractivity contribution in [2.45, 2.75) is 6.54 Å². The highest BCUT2D eigenvalue weighted by molar-refractivity contribution is 4.82. The Kier molecular flexibility index (Phi) is 3.19. The summed E-state index contributed by atoms with van der Waals surface area (Å²) in [6.45, 7) is 1.55. The minimum Gasteiger partial charge on any atom is -0.395 e. The molecule has 0 aromatic carbocycles. The van der Waals surface area contributed by atoms with E-state index in [9.17, 15) is 0 Å². The highest BCUT2D eigenvalue weighted by Gasteiger charge is 2.03. The Morgan fingerprint density at radius 1 is 1.67 bits per heavy atom. The summed E-state index contributed by atoms with van der Waals surface area (Å²) in [6.07, 6.45) is 1.53. The predicted molar refractivity (Wildman–Crippen MR) is 44.4 cm³/mol. The number of aliphatic hydroxyl groups excluding tert-OH is 1. The summed E-state index contributed by atoms with van der Waals surface area (Å²) in [5.41, 5.74) is 0. The SMILES string of the molecule is CN(CCO)Cc1ncnn1C. The maximum atomic E-state index is 8.65. The molecule has 0 spiro atoms. The summed E-state index contributed by atoms with van der Waals surface area (Å²) in [5.74, 6) is 0.908. The van der Waals surface area contributed by atoms with Crippen molar-refractivity contribution >= 4 is 0 Å². The van der Waals surface area contributed by atoms with Crippen LogP contribution in [0.25, 0.3) is 0 Å². The van der Waals surface area contributed by atoms with E-state index < -0.39 is 0 Å². The fourth-order valence-electron chi connectivity index (χ4n) is 0.954. The summed E-state index contributed by atoms with van der Waals surface area (Å²) in [5, 5.41) is 12.6. The predicted octanol–water partition coefficient (Wildman–Crippen LogP) is -0.761. The van der Waals surface area contributed by atoms with Gasteiger partial charge in [-0.1, -0.05) is 0 Å². The molecule has 1 aromatic rings. The third-order valence-corrected chi connectivity index (χ3v) is 1.70. The van der Waals surface area contributed by atoms with Crippen LogP contribution in [-0.4, -0.2) is 45.0 Å². The Morgan fingerprint density at radius 2 is 2.42 bits per heavy atom. The first-order valence-corrected chi connectivity index (χ1v) is 3.86. The molecule has 0 radical (unpaired) electrons. The highest BCUT2D eigenvalue weighted by Crippen LogP contribution is 1.95. The average Bonchev–Trinajstić information content (AvgIpc) is 2.37. The highest BCUT2D eigenvalue weighted by atomic mass is 16.3. The van der Waals surface area contributed by atoms with Crippen molar-refractivity contribution in [2.24, 2.45) is 7.05 Å². The van der Waals surface area contributed by atoms with Gasteiger partial charge in [-0.05, 0) is 7.05 Å². The first-order valence-electron chi connectivity index (χ1n) is 3.86. The van der Waals surface area contributed by atoms with Crippen molar-refractivity contribution in [3.05, 3.63) is 12.2 Å². The molecule has 12 heavy (non-hydrogen) atoms. The summed E-state index contributed by atoms with van der Waals surface area (Å²) in [6, 6.07) is 0. The van der Waals surface area contributed by atoms with E-state index in [1.54, 1.807) is 4.68 Å². The number of hydrogen-bond donors (Lipinski definition) is 1. The van der Waals surface area contributed by atoms with E-state index in [1.165, 1.54) is 6.33 Å². The molecule has 5 nitrogen and oxygen atoms in total. The molecule has 68 valence electrons. The fraction of sp³-hybridized carbons (Fsp3) is 0.714. The van der Waals surface area contributed by atoms with Gasteiger partial charge in [-0.2, -0.15) is 5.10 Å². The second kappa shape index (κ2) is 4.18. The van der Waals surface area contributed by atoms with Crippen LogP contribution in [0.2, 0.25) is 0 Å². The second-order valence-electron chi connectivity index (χ2n) is 2.76. The molecule has 1 rings (SSSR count). The van der Waals surface area contributed by atoms with Crippen LogP contribution in [0.3, 0.4) is 0 Å². The molecule has 0 aliphatic rings. The molecule has 0 atom stereocenters. The number of aryl methyl sites for hydroxylation is 1. The van der Waals surface area contributed by atoms with Crippen molar-refractivity contribution in [2.75, 3.05) is 20.2 Å². The molecule has 0 saturated carbocycles. The third kappa shape index (κ3) is 2.28. The molecule has 0 fully saturated rings. The third-order valence-electron chi connectivity index (χ3n) is 1.70. The molecule has 1 N–H and O–H groups in total. The summed E-state index contributed by atoms with van der Waals surface area (Å²) < 4.78 is 1.73. The van der Waals surface area contributed by atoms with Gasteiger partial charge in [0.1, 0.15) is 12.2 Å². The first-order chi connectivity index (χ1) is 5.74. The smallest absolute Gasteiger partial charge is 0.140 e. The van der Waals surface area contributed by atoms with E-state index in [-0.39, 0.29) is 6.61 Å². The maximum absolute atomic E-state index is 8.65. The van der Waals surface area contributed by atoms with Gasteiger partial charge >= 0.3 is 0 Å². The molecule has 0 unspecified atom stereocenters. The Labute approximate surface area is 71.6 Å². The van der Waals surface area contributed by atoms with Crippen molar-refractivity contribution in [3.8, 4) is 0 Å². The van der Waals surface area contributed by atoms with Gasteiger partial charge in [0.25, 0.3) is 0 Å². The zero-order chi connectivity index (χ0) is 8.97. The van der Waals surface area contributed by atoms with Crippen LogP contribution in [0.15, 0.2) is 6.33 Å². The fourth-order valence-corrected chi connectivity index (χ4v) is 0.954. The van der Waals surface area contributed by atoms with Gasteiger partial charge in [-0.15, -0.1) is 0 Å². The maximum Gasteiger partial charge on any atom is 0.140 e. The van der Waals surface area contributed by atoms with Gasteiger partial charge in [0.15, 0.2) is 0 Å². The minimum absolute atomic E-state index is 0.175. The number of aromatic nitrogens is 3. The molecule has 5 heteroatoms. The Balaban J connectivity index is 2.46. The normalized spacial score (nSPS) is 11.0. The Hall–Kier alpha value is -0.940. The lowest BCUT2D eigenvalue weighted by Crippen LogP contribution is -2.23. The average molecular weight is 170 g/mol. The van der Waals surface area contributed by atoms with Gasteiger partial charge in [0, 0.05) is 13.6 Å². The largest absolute Gasteiger partial charge is 0.395 e. The van der Waals surface area contributed by atoms with Crippen LogP contribution >= 0.6 is 0 Å². The Morgan fingerprint density at radius 3 is 2.92 bits per heavy atom. The topological polar surface area (TPSA) is 54.2 Å². The molecule has 0 aliphatic carbocycles. The van der Waals surface area contributed by atoms with E-state index in [0.717, 1.165) is 12.4 Å². The molecular weight excluding hydrogens is 156 g/mol. The molecule has 0 amide bonds. The lowest BCUT2D eigenvalue weighted by molar-refractivity contribution is 0.213. The van der Waals surface area contributed by atoms with E-state index in [2.05, 4.69) is 10.1 Å². The lowest BCUT2D eigenvalue weighted by Gasteiger charge is -2.13. The monoisotopic (exact) mass is 170 g/mol. The number of hydrogen-bond acceptors (Lipinski definition) is 4. The minimum atomic E-state index is 0.175. The van der Waals surface area contributed by atoms with E-state index in [1.807, 2.05) is 19.0 Å². The number of nitrogens with zero attached hydrogens (tertiary/aromatic N) is 4. The summed E-state index contributed by atoms with van der Waals surface area (Å²) in [4.78, 5) is 6.06. The standard InChI is InChI=1S/C7H14N4O/c1-10(3-4-12)5-7-8-6-9-11(7)2/h6,12H,3-5H2,1-2H3. The van der Waals surface area contributed by atoms with E-state index >= 15 is 0 Å². The summed E-state index contributed by atoms with van der Waals surface area (Å²) >= 11 is 0. The zero-order valence-electron chi connectivity index (χ0n) is 7.43. The number of aliphatic hydroxyl groups is 1. The zero-order valence-corrected chi connectivity index (χ0v) is 7.43. The first kappa shape index (κ1) is 9.15. The second-order valence-corrected chi connectivity index (χ2v) is 2.76. The van der Waals surface area contributed by atoms with Crippen LogP contribution in [0.4, 0.5) is 0 Å². The van der Waals surface area contributed by atoms with Crippen LogP contribution < -0.4 is 0 Å². The van der Waals surface area contributed by atoms with Crippen molar-refractivity contribution < 1.29 is 5.11 Å². The van der Waals surface area contributed by atoms with Crippen molar-refractivity contribution in [1.29, 1.82) is 0 Å². The molecular formula is C7H14N4O. The molecule has 0 aliphatic heterocycles. The number of likely N-dealkylation sites (N-methyl/N-ethyl adjacent to an activating group) is 1. The molecule has 0 bridgehead atoms. The van der Waals surface area contributed by atoms with E-state index in [4.69, 9.17) is 5.11 Å². The van der Waals surface area contributed by atoms with Crippen LogP contribution in [-0.2, 0) is 13.6 Å². The summed E-state index contributed by atoms with van der Waals surface area (Å²) in [7, 11) is 3.79. The van der Waals surface area contributed by atoms with Crippen molar-refractivity contribution in [1.82, 2.24) is 19.7 Å². The Bertz CT molecular complexity index is 235.